The number of amides is 1. The summed E-state index contributed by atoms with van der Waals surface area (Å²) in [6.07, 6.45) is 1.14. The average molecular weight is 272 g/mol. The summed E-state index contributed by atoms with van der Waals surface area (Å²) in [5.74, 6) is -0.157. The molecule has 0 fully saturated rings. The van der Waals surface area contributed by atoms with Crippen LogP contribution in [0.5, 0.6) is 0 Å². The molecule has 0 saturated heterocycles. The number of rotatable bonds is 5. The number of nitrogens with two attached hydrogens (primary N) is 1. The van der Waals surface area contributed by atoms with Crippen molar-refractivity contribution in [1.29, 1.82) is 0 Å². The van der Waals surface area contributed by atoms with Crippen LogP contribution in [0.25, 0.3) is 0 Å². The van der Waals surface area contributed by atoms with Gasteiger partial charge in [0.2, 0.25) is 15.9 Å². The number of sulfonamides is 1. The number of anilines is 1. The van der Waals surface area contributed by atoms with Gasteiger partial charge in [-0.3, -0.25) is 4.79 Å². The van der Waals surface area contributed by atoms with Crippen molar-refractivity contribution in [2.24, 2.45) is 0 Å². The number of likely N-dealkylation sites (N-methyl/N-ethyl adjacent to an activating group) is 1. The lowest BCUT2D eigenvalue weighted by Crippen LogP contribution is -2.44. The number of nitrogen functional groups attached to an aromatic ring is 1. The number of aromatic nitrogens is 1. The first-order chi connectivity index (χ1) is 8.36. The van der Waals surface area contributed by atoms with Crippen LogP contribution in [-0.4, -0.2) is 31.9 Å². The molecular weight excluding hydrogens is 256 g/mol. The number of pyridine rings is 1. The van der Waals surface area contributed by atoms with Crippen LogP contribution in [0.3, 0.4) is 0 Å². The monoisotopic (exact) mass is 272 g/mol. The van der Waals surface area contributed by atoms with Crippen molar-refractivity contribution in [2.45, 2.75) is 24.8 Å². The molecule has 1 aromatic heterocycles. The van der Waals surface area contributed by atoms with Gasteiger partial charge in [0.15, 0.2) is 0 Å². The van der Waals surface area contributed by atoms with E-state index in [1.54, 1.807) is 6.92 Å². The number of nitrogens with zero attached hydrogens (tertiary/aromatic N) is 1. The van der Waals surface area contributed by atoms with Crippen LogP contribution in [-0.2, 0) is 14.8 Å². The molecule has 4 N–H and O–H groups in total. The third kappa shape index (κ3) is 3.67. The highest BCUT2D eigenvalue weighted by molar-refractivity contribution is 7.89. The minimum absolute atomic E-state index is 0.0344. The van der Waals surface area contributed by atoms with E-state index >= 15 is 0 Å². The van der Waals surface area contributed by atoms with Crippen molar-refractivity contribution in [3.63, 3.8) is 0 Å². The summed E-state index contributed by atoms with van der Waals surface area (Å²) in [6, 6.07) is 1.85. The zero-order valence-electron chi connectivity index (χ0n) is 10.2. The number of hydrogen-bond donors (Lipinski definition) is 3. The fraction of sp³-hybridized carbons (Fsp3) is 0.400. The fourth-order valence-corrected chi connectivity index (χ4v) is 2.38. The zero-order valence-corrected chi connectivity index (χ0v) is 11.0. The van der Waals surface area contributed by atoms with E-state index in [-0.39, 0.29) is 16.6 Å². The fourth-order valence-electron chi connectivity index (χ4n) is 1.23. The van der Waals surface area contributed by atoms with Crippen LogP contribution < -0.4 is 15.8 Å². The normalized spacial score (nSPS) is 13.0. The third-order valence-corrected chi connectivity index (χ3v) is 3.67. The molecule has 0 aliphatic rings. The van der Waals surface area contributed by atoms with Crippen molar-refractivity contribution in [3.8, 4) is 0 Å². The molecule has 1 rings (SSSR count). The van der Waals surface area contributed by atoms with Gasteiger partial charge in [0.05, 0.1) is 6.04 Å². The minimum atomic E-state index is -3.77. The van der Waals surface area contributed by atoms with Crippen LogP contribution >= 0.6 is 0 Å². The minimum Gasteiger partial charge on any atom is -0.384 e. The Morgan fingerprint density at radius 3 is 2.67 bits per heavy atom. The second-order valence-electron chi connectivity index (χ2n) is 3.66. The van der Waals surface area contributed by atoms with Gasteiger partial charge in [-0.1, -0.05) is 0 Å². The van der Waals surface area contributed by atoms with Crippen LogP contribution in [0.4, 0.5) is 5.82 Å². The van der Waals surface area contributed by atoms with E-state index in [2.05, 4.69) is 15.0 Å². The zero-order chi connectivity index (χ0) is 13.8. The van der Waals surface area contributed by atoms with Crippen molar-refractivity contribution in [2.75, 3.05) is 12.3 Å². The van der Waals surface area contributed by atoms with E-state index in [0.29, 0.717) is 6.54 Å². The Labute approximate surface area is 106 Å². The quantitative estimate of drug-likeness (QED) is 0.666. The average Bonchev–Trinajstić information content (AvgIpc) is 2.29. The molecule has 1 atom stereocenters. The molecule has 0 radical (unpaired) electrons. The Balaban J connectivity index is 2.82. The van der Waals surface area contributed by atoms with Crippen LogP contribution in [0.2, 0.25) is 0 Å². The van der Waals surface area contributed by atoms with Crippen LogP contribution in [0.1, 0.15) is 13.8 Å². The first-order valence-electron chi connectivity index (χ1n) is 5.38. The molecule has 100 valence electrons. The van der Waals surface area contributed by atoms with Crippen molar-refractivity contribution < 1.29 is 13.2 Å². The number of nitrogens with one attached hydrogen (secondary N) is 2. The molecule has 18 heavy (non-hydrogen) atoms. The maximum Gasteiger partial charge on any atom is 0.242 e. The molecule has 0 aliphatic heterocycles. The lowest BCUT2D eigenvalue weighted by Gasteiger charge is -2.13. The van der Waals surface area contributed by atoms with E-state index in [9.17, 15) is 13.2 Å². The Morgan fingerprint density at radius 2 is 2.17 bits per heavy atom. The van der Waals surface area contributed by atoms with Gasteiger partial charge < -0.3 is 11.1 Å². The molecule has 1 amide bonds. The van der Waals surface area contributed by atoms with E-state index in [1.165, 1.54) is 19.1 Å². The van der Waals surface area contributed by atoms with Gasteiger partial charge in [-0.05, 0) is 26.0 Å². The molecule has 0 bridgehead atoms. The standard InChI is InChI=1S/C10H16N4O3S/c1-3-12-10(15)7(2)14-18(16,17)8-4-5-9(11)13-6-8/h4-7,14H,3H2,1-2H3,(H2,11,13)(H,12,15). The maximum absolute atomic E-state index is 11.9. The van der Waals surface area contributed by atoms with Crippen molar-refractivity contribution in [3.05, 3.63) is 18.3 Å². The summed E-state index contributed by atoms with van der Waals surface area (Å²) in [4.78, 5) is 15.1. The Kier molecular flexibility index (Phi) is 4.62. The van der Waals surface area contributed by atoms with Crippen LogP contribution in [0.15, 0.2) is 23.2 Å². The molecule has 0 saturated carbocycles. The van der Waals surface area contributed by atoms with Gasteiger partial charge in [-0.25, -0.2) is 13.4 Å². The summed E-state index contributed by atoms with van der Waals surface area (Å²) in [5, 5.41) is 2.53. The molecule has 0 aromatic carbocycles. The number of carbonyl (C=O) groups excluding carboxylic acids is 1. The lowest BCUT2D eigenvalue weighted by molar-refractivity contribution is -0.122. The highest BCUT2D eigenvalue weighted by Crippen LogP contribution is 2.09. The largest absolute Gasteiger partial charge is 0.384 e. The van der Waals surface area contributed by atoms with Gasteiger partial charge in [0.25, 0.3) is 0 Å². The summed E-state index contributed by atoms with van der Waals surface area (Å²) in [5.41, 5.74) is 5.37. The van der Waals surface area contributed by atoms with Gasteiger partial charge in [-0.2, -0.15) is 4.72 Å². The molecule has 7 nitrogen and oxygen atoms in total. The second kappa shape index (κ2) is 5.78. The third-order valence-electron chi connectivity index (χ3n) is 2.15. The van der Waals surface area contributed by atoms with E-state index < -0.39 is 16.1 Å². The summed E-state index contributed by atoms with van der Waals surface area (Å²) in [6.45, 7) is 3.66. The highest BCUT2D eigenvalue weighted by atomic mass is 32.2. The smallest absolute Gasteiger partial charge is 0.242 e. The molecule has 1 heterocycles. The highest BCUT2D eigenvalue weighted by Gasteiger charge is 2.21. The Hall–Kier alpha value is -1.67. The van der Waals surface area contributed by atoms with E-state index in [0.717, 1.165) is 6.20 Å². The molecular formula is C10H16N4O3S. The molecule has 0 aliphatic carbocycles. The second-order valence-corrected chi connectivity index (χ2v) is 5.37. The first-order valence-corrected chi connectivity index (χ1v) is 6.86. The topological polar surface area (TPSA) is 114 Å². The predicted octanol–water partition coefficient (Wildman–Crippen LogP) is -0.533. The van der Waals surface area contributed by atoms with E-state index in [1.807, 2.05) is 0 Å². The first kappa shape index (κ1) is 14.4. The Bertz CT molecular complexity index is 512. The molecule has 1 aromatic rings. The maximum atomic E-state index is 11.9. The molecule has 0 spiro atoms. The van der Waals surface area contributed by atoms with Gasteiger partial charge in [0.1, 0.15) is 10.7 Å². The summed E-state index contributed by atoms with van der Waals surface area (Å²) in [7, 11) is -3.77. The molecule has 8 heteroatoms. The summed E-state index contributed by atoms with van der Waals surface area (Å²) >= 11 is 0. The van der Waals surface area contributed by atoms with E-state index in [4.69, 9.17) is 5.73 Å². The number of carbonyl (C=O) groups is 1. The van der Waals surface area contributed by atoms with Gasteiger partial charge in [0, 0.05) is 12.7 Å². The van der Waals surface area contributed by atoms with Gasteiger partial charge in [-0.15, -0.1) is 0 Å². The number of hydrogen-bond acceptors (Lipinski definition) is 5. The van der Waals surface area contributed by atoms with Gasteiger partial charge >= 0.3 is 0 Å². The predicted molar refractivity (Wildman–Crippen MR) is 67.1 cm³/mol. The lowest BCUT2D eigenvalue weighted by atomic mass is 10.3. The summed E-state index contributed by atoms with van der Waals surface area (Å²) < 4.78 is 26.0. The van der Waals surface area contributed by atoms with Crippen molar-refractivity contribution >= 4 is 21.7 Å². The molecule has 1 unspecified atom stereocenters. The Morgan fingerprint density at radius 1 is 1.50 bits per heavy atom. The van der Waals surface area contributed by atoms with Crippen molar-refractivity contribution in [1.82, 2.24) is 15.0 Å². The SMILES string of the molecule is CCNC(=O)C(C)NS(=O)(=O)c1ccc(N)nc1. The van der Waals surface area contributed by atoms with Crippen LogP contribution in [0, 0.1) is 0 Å².